The zero-order valence-electron chi connectivity index (χ0n) is 18.8. The van der Waals surface area contributed by atoms with Gasteiger partial charge in [-0.3, -0.25) is 9.59 Å². The molecule has 0 saturated heterocycles. The van der Waals surface area contributed by atoms with Gasteiger partial charge in [-0.15, -0.1) is 0 Å². The molecular formula is C27H28N2O5. The van der Waals surface area contributed by atoms with Crippen molar-refractivity contribution in [2.45, 2.75) is 49.6 Å². The first kappa shape index (κ1) is 22.2. The normalized spacial score (nSPS) is 21.8. The number of aliphatic carboxylic acids is 1. The molecule has 176 valence electrons. The predicted octanol–water partition coefficient (Wildman–Crippen LogP) is 3.98. The number of alkyl carbamates (subject to hydrolysis) is 1. The van der Waals surface area contributed by atoms with Gasteiger partial charge in [0, 0.05) is 18.4 Å². The van der Waals surface area contributed by atoms with Gasteiger partial charge in [0.2, 0.25) is 5.91 Å². The molecule has 1 fully saturated rings. The number of allylic oxidation sites excluding steroid dienone is 1. The number of benzene rings is 2. The van der Waals surface area contributed by atoms with Crippen molar-refractivity contribution in [1.29, 1.82) is 0 Å². The van der Waals surface area contributed by atoms with Gasteiger partial charge < -0.3 is 20.5 Å². The second-order valence-corrected chi connectivity index (χ2v) is 9.52. The molecule has 2 amide bonds. The number of carboxylic acids is 1. The van der Waals surface area contributed by atoms with E-state index in [1.165, 1.54) is 11.1 Å². The molecule has 0 bridgehead atoms. The second kappa shape index (κ2) is 8.97. The van der Waals surface area contributed by atoms with Crippen LogP contribution in [0.2, 0.25) is 0 Å². The van der Waals surface area contributed by atoms with Crippen LogP contribution in [0.15, 0.2) is 60.7 Å². The monoisotopic (exact) mass is 460 g/mol. The fourth-order valence-electron chi connectivity index (χ4n) is 5.11. The van der Waals surface area contributed by atoms with E-state index in [2.05, 4.69) is 34.9 Å². The van der Waals surface area contributed by atoms with Gasteiger partial charge in [-0.25, -0.2) is 4.79 Å². The van der Waals surface area contributed by atoms with Crippen LogP contribution < -0.4 is 10.6 Å². The Labute approximate surface area is 198 Å². The van der Waals surface area contributed by atoms with Gasteiger partial charge in [-0.05, 0) is 47.9 Å². The summed E-state index contributed by atoms with van der Waals surface area (Å²) in [5, 5.41) is 15.0. The fraction of sp³-hybridized carbons (Fsp3) is 0.370. The number of carboxylic acid groups (broad SMARTS) is 1. The Morgan fingerprint density at radius 3 is 2.26 bits per heavy atom. The van der Waals surface area contributed by atoms with Crippen LogP contribution in [0.25, 0.3) is 11.1 Å². The first-order chi connectivity index (χ1) is 16.4. The summed E-state index contributed by atoms with van der Waals surface area (Å²) >= 11 is 0. The highest BCUT2D eigenvalue weighted by Gasteiger charge is 2.46. The predicted molar refractivity (Wildman–Crippen MR) is 126 cm³/mol. The molecule has 0 radical (unpaired) electrons. The number of carbonyl (C=O) groups excluding carboxylic acids is 2. The quantitative estimate of drug-likeness (QED) is 0.542. The minimum atomic E-state index is -0.848. The average molecular weight is 461 g/mol. The molecule has 0 heterocycles. The molecule has 3 N–H and O–H groups in total. The smallest absolute Gasteiger partial charge is 0.407 e. The summed E-state index contributed by atoms with van der Waals surface area (Å²) in [6, 6.07) is 16.0. The maximum absolute atomic E-state index is 12.6. The maximum Gasteiger partial charge on any atom is 0.407 e. The van der Waals surface area contributed by atoms with Gasteiger partial charge in [-0.1, -0.05) is 60.7 Å². The summed E-state index contributed by atoms with van der Waals surface area (Å²) in [6.07, 6.45) is 5.56. The molecule has 3 aliphatic rings. The fourth-order valence-corrected chi connectivity index (χ4v) is 5.11. The topological polar surface area (TPSA) is 105 Å². The Morgan fingerprint density at radius 2 is 1.65 bits per heavy atom. The molecule has 3 aliphatic carbocycles. The van der Waals surface area contributed by atoms with Crippen molar-refractivity contribution >= 4 is 18.0 Å². The summed E-state index contributed by atoms with van der Waals surface area (Å²) in [6.45, 7) is 0.228. The third-order valence-corrected chi connectivity index (χ3v) is 7.09. The number of hydrogen-bond acceptors (Lipinski definition) is 4. The molecule has 2 unspecified atom stereocenters. The van der Waals surface area contributed by atoms with E-state index in [4.69, 9.17) is 4.74 Å². The highest BCUT2D eigenvalue weighted by atomic mass is 16.5. The Hall–Kier alpha value is -3.61. The van der Waals surface area contributed by atoms with Crippen molar-refractivity contribution in [3.05, 3.63) is 71.8 Å². The van der Waals surface area contributed by atoms with Gasteiger partial charge in [0.15, 0.2) is 0 Å². The van der Waals surface area contributed by atoms with Crippen LogP contribution >= 0.6 is 0 Å². The number of hydrogen-bond donors (Lipinski definition) is 3. The first-order valence-corrected chi connectivity index (χ1v) is 11.8. The van der Waals surface area contributed by atoms with Crippen LogP contribution in [-0.2, 0) is 14.3 Å². The molecule has 5 rings (SSSR count). The molecule has 1 saturated carbocycles. The summed E-state index contributed by atoms with van der Waals surface area (Å²) in [5.74, 6) is -1.54. The number of carbonyl (C=O) groups is 3. The number of ether oxygens (including phenoxy) is 1. The van der Waals surface area contributed by atoms with Crippen LogP contribution in [0.4, 0.5) is 4.79 Å². The highest BCUT2D eigenvalue weighted by Crippen LogP contribution is 2.44. The molecular weight excluding hydrogens is 432 g/mol. The lowest BCUT2D eigenvalue weighted by Crippen LogP contribution is -2.44. The van der Waals surface area contributed by atoms with E-state index < -0.39 is 23.5 Å². The van der Waals surface area contributed by atoms with Crippen LogP contribution in [-0.4, -0.2) is 41.3 Å². The molecule has 0 spiro atoms. The lowest BCUT2D eigenvalue weighted by molar-refractivity contribution is -0.142. The minimum absolute atomic E-state index is 0.0168. The first-order valence-electron chi connectivity index (χ1n) is 11.8. The van der Waals surface area contributed by atoms with E-state index in [9.17, 15) is 19.5 Å². The lowest BCUT2D eigenvalue weighted by atomic mass is 9.91. The van der Waals surface area contributed by atoms with Crippen molar-refractivity contribution in [1.82, 2.24) is 10.6 Å². The van der Waals surface area contributed by atoms with Gasteiger partial charge in [-0.2, -0.15) is 0 Å². The molecule has 2 atom stereocenters. The van der Waals surface area contributed by atoms with E-state index in [1.807, 2.05) is 30.3 Å². The summed E-state index contributed by atoms with van der Waals surface area (Å²) < 4.78 is 5.63. The zero-order valence-corrected chi connectivity index (χ0v) is 18.8. The van der Waals surface area contributed by atoms with Gasteiger partial charge in [0.25, 0.3) is 0 Å². The summed E-state index contributed by atoms with van der Waals surface area (Å²) in [4.78, 5) is 36.4. The van der Waals surface area contributed by atoms with Crippen LogP contribution in [0.1, 0.15) is 49.1 Å². The molecule has 34 heavy (non-hydrogen) atoms. The van der Waals surface area contributed by atoms with Crippen LogP contribution in [0.3, 0.4) is 0 Å². The molecule has 0 aromatic heterocycles. The van der Waals surface area contributed by atoms with Gasteiger partial charge in [0.1, 0.15) is 6.61 Å². The Morgan fingerprint density at radius 1 is 1.00 bits per heavy atom. The van der Waals surface area contributed by atoms with E-state index in [1.54, 1.807) is 6.08 Å². The van der Waals surface area contributed by atoms with Crippen molar-refractivity contribution in [3.8, 4) is 11.1 Å². The molecule has 2 aromatic carbocycles. The Kier molecular flexibility index (Phi) is 5.86. The van der Waals surface area contributed by atoms with E-state index in [0.717, 1.165) is 11.1 Å². The molecule has 2 aromatic rings. The number of nitrogens with one attached hydrogen (secondary N) is 2. The number of rotatable bonds is 7. The lowest BCUT2D eigenvalue weighted by Gasteiger charge is -2.24. The van der Waals surface area contributed by atoms with Crippen molar-refractivity contribution in [3.63, 3.8) is 0 Å². The average Bonchev–Trinajstić information content (AvgIpc) is 3.49. The van der Waals surface area contributed by atoms with Gasteiger partial charge in [0.05, 0.1) is 11.5 Å². The minimum Gasteiger partial charge on any atom is -0.481 e. The molecule has 7 heteroatoms. The third-order valence-electron chi connectivity index (χ3n) is 7.09. The van der Waals surface area contributed by atoms with Crippen LogP contribution in [0.5, 0.6) is 0 Å². The summed E-state index contributed by atoms with van der Waals surface area (Å²) in [5.41, 5.74) is 4.06. The van der Waals surface area contributed by atoms with E-state index in [-0.39, 0.29) is 30.9 Å². The largest absolute Gasteiger partial charge is 0.481 e. The van der Waals surface area contributed by atoms with Crippen LogP contribution in [0, 0.1) is 5.92 Å². The summed E-state index contributed by atoms with van der Waals surface area (Å²) in [7, 11) is 0. The number of amides is 2. The molecule has 0 aliphatic heterocycles. The highest BCUT2D eigenvalue weighted by molar-refractivity contribution is 5.81. The van der Waals surface area contributed by atoms with E-state index >= 15 is 0 Å². The van der Waals surface area contributed by atoms with Crippen molar-refractivity contribution in [2.75, 3.05) is 6.61 Å². The van der Waals surface area contributed by atoms with Crippen molar-refractivity contribution in [2.24, 2.45) is 5.92 Å². The SMILES string of the molecule is O=C(CC1(NC(=O)OCC2c3ccccc3-c3ccccc32)CC1)NC1C=CCC(C(=O)O)C1. The van der Waals surface area contributed by atoms with E-state index in [0.29, 0.717) is 25.7 Å². The Balaban J connectivity index is 1.15. The molecule has 7 nitrogen and oxygen atoms in total. The zero-order chi connectivity index (χ0) is 23.7. The second-order valence-electron chi connectivity index (χ2n) is 9.52. The number of fused-ring (bicyclic) bond motifs is 3. The van der Waals surface area contributed by atoms with Gasteiger partial charge >= 0.3 is 12.1 Å². The Bertz CT molecular complexity index is 1110. The standard InChI is InChI=1S/C27H28N2O5/c30-24(28-18-7-5-6-17(14-18)25(31)32)15-27(12-13-27)29-26(33)34-16-23-21-10-3-1-8-19(21)20-9-2-4-11-22(20)23/h1-5,7-11,17-18,23H,6,12-16H2,(H,28,30)(H,29,33)(H,31,32). The van der Waals surface area contributed by atoms with Crippen molar-refractivity contribution < 1.29 is 24.2 Å². The maximum atomic E-state index is 12.6. The third kappa shape index (κ3) is 4.55.